The van der Waals surface area contributed by atoms with E-state index in [1.54, 1.807) is 29.5 Å². The SMILES string of the molecule is Cc1ccc(C(=O)O)cc1Nc1ncnc2sc(-c3ccccc3)cc12. The van der Waals surface area contributed by atoms with Crippen molar-refractivity contribution in [3.8, 4) is 10.4 Å². The number of nitrogens with zero attached hydrogens (tertiary/aromatic N) is 2. The number of benzene rings is 2. The Hall–Kier alpha value is -3.25. The molecule has 5 nitrogen and oxygen atoms in total. The van der Waals surface area contributed by atoms with Crippen molar-refractivity contribution in [2.45, 2.75) is 6.92 Å². The number of aromatic carboxylic acids is 1. The van der Waals surface area contributed by atoms with Crippen LogP contribution >= 0.6 is 11.3 Å². The first-order valence-electron chi connectivity index (χ1n) is 8.03. The predicted molar refractivity (Wildman–Crippen MR) is 104 cm³/mol. The minimum absolute atomic E-state index is 0.235. The van der Waals surface area contributed by atoms with Gasteiger partial charge in [0.25, 0.3) is 0 Å². The predicted octanol–water partition coefficient (Wildman–Crippen LogP) is 5.11. The summed E-state index contributed by atoms with van der Waals surface area (Å²) in [5.74, 6) is -0.290. The molecule has 2 heterocycles. The van der Waals surface area contributed by atoms with Crippen LogP contribution in [0.2, 0.25) is 0 Å². The molecular formula is C20H15N3O2S. The van der Waals surface area contributed by atoms with Gasteiger partial charge in [0.15, 0.2) is 0 Å². The number of carbonyl (C=O) groups is 1. The van der Waals surface area contributed by atoms with E-state index in [1.165, 1.54) is 6.33 Å². The van der Waals surface area contributed by atoms with Crippen LogP contribution < -0.4 is 5.32 Å². The van der Waals surface area contributed by atoms with E-state index in [0.29, 0.717) is 5.82 Å². The second-order valence-electron chi connectivity index (χ2n) is 5.88. The van der Waals surface area contributed by atoms with E-state index in [9.17, 15) is 9.90 Å². The summed E-state index contributed by atoms with van der Waals surface area (Å²) < 4.78 is 0. The van der Waals surface area contributed by atoms with Gasteiger partial charge in [0.1, 0.15) is 17.0 Å². The molecule has 0 bridgehead atoms. The number of thiophene rings is 1. The Kier molecular flexibility index (Phi) is 4.10. The molecule has 0 saturated heterocycles. The number of fused-ring (bicyclic) bond motifs is 1. The highest BCUT2D eigenvalue weighted by Gasteiger charge is 2.12. The molecule has 4 aromatic rings. The fourth-order valence-electron chi connectivity index (χ4n) is 2.72. The van der Waals surface area contributed by atoms with Gasteiger partial charge in [0.2, 0.25) is 0 Å². The average Bonchev–Trinajstić information content (AvgIpc) is 3.09. The number of hydrogen-bond donors (Lipinski definition) is 2. The van der Waals surface area contributed by atoms with E-state index < -0.39 is 5.97 Å². The summed E-state index contributed by atoms with van der Waals surface area (Å²) in [6.45, 7) is 1.93. The van der Waals surface area contributed by atoms with E-state index >= 15 is 0 Å². The highest BCUT2D eigenvalue weighted by atomic mass is 32.1. The summed E-state index contributed by atoms with van der Waals surface area (Å²) >= 11 is 1.60. The van der Waals surface area contributed by atoms with Crippen LogP contribution in [0.1, 0.15) is 15.9 Å². The fourth-order valence-corrected chi connectivity index (χ4v) is 3.72. The highest BCUT2D eigenvalue weighted by Crippen LogP contribution is 2.36. The third kappa shape index (κ3) is 3.02. The number of anilines is 2. The van der Waals surface area contributed by atoms with Crippen LogP contribution in [0.15, 0.2) is 60.9 Å². The minimum Gasteiger partial charge on any atom is -0.478 e. The van der Waals surface area contributed by atoms with Crippen molar-refractivity contribution in [1.29, 1.82) is 0 Å². The smallest absolute Gasteiger partial charge is 0.335 e. The van der Waals surface area contributed by atoms with Crippen LogP contribution in [-0.4, -0.2) is 21.0 Å². The van der Waals surface area contributed by atoms with Gasteiger partial charge in [-0.15, -0.1) is 11.3 Å². The zero-order valence-electron chi connectivity index (χ0n) is 13.9. The summed E-state index contributed by atoms with van der Waals surface area (Å²) in [6.07, 6.45) is 1.52. The van der Waals surface area contributed by atoms with Crippen molar-refractivity contribution < 1.29 is 9.90 Å². The zero-order chi connectivity index (χ0) is 18.1. The maximum atomic E-state index is 11.2. The molecule has 0 atom stereocenters. The maximum Gasteiger partial charge on any atom is 0.335 e. The molecule has 26 heavy (non-hydrogen) atoms. The third-order valence-electron chi connectivity index (χ3n) is 4.13. The molecular weight excluding hydrogens is 346 g/mol. The van der Waals surface area contributed by atoms with Crippen molar-refractivity contribution in [2.75, 3.05) is 5.32 Å². The Morgan fingerprint density at radius 3 is 2.65 bits per heavy atom. The van der Waals surface area contributed by atoms with Crippen LogP contribution in [0.4, 0.5) is 11.5 Å². The summed E-state index contributed by atoms with van der Waals surface area (Å²) in [4.78, 5) is 22.0. The van der Waals surface area contributed by atoms with Crippen LogP contribution in [0, 0.1) is 6.92 Å². The van der Waals surface area contributed by atoms with Crippen molar-refractivity contribution >= 4 is 39.0 Å². The Labute approximate surface area is 154 Å². The normalized spacial score (nSPS) is 10.8. The molecule has 0 fully saturated rings. The zero-order valence-corrected chi connectivity index (χ0v) is 14.7. The monoisotopic (exact) mass is 361 g/mol. The minimum atomic E-state index is -0.956. The van der Waals surface area contributed by atoms with E-state index in [-0.39, 0.29) is 5.56 Å². The van der Waals surface area contributed by atoms with Crippen molar-refractivity contribution in [2.24, 2.45) is 0 Å². The lowest BCUT2D eigenvalue weighted by Crippen LogP contribution is -2.01. The van der Waals surface area contributed by atoms with Gasteiger partial charge in [-0.1, -0.05) is 36.4 Å². The number of hydrogen-bond acceptors (Lipinski definition) is 5. The van der Waals surface area contributed by atoms with Gasteiger partial charge in [-0.3, -0.25) is 0 Å². The van der Waals surface area contributed by atoms with Crippen LogP contribution in [0.3, 0.4) is 0 Å². The summed E-state index contributed by atoms with van der Waals surface area (Å²) in [7, 11) is 0. The van der Waals surface area contributed by atoms with Crippen molar-refractivity contribution in [1.82, 2.24) is 9.97 Å². The Morgan fingerprint density at radius 1 is 1.08 bits per heavy atom. The molecule has 6 heteroatoms. The van der Waals surface area contributed by atoms with E-state index in [2.05, 4.69) is 33.5 Å². The molecule has 0 unspecified atom stereocenters. The number of aromatic nitrogens is 2. The van der Waals surface area contributed by atoms with Crippen LogP contribution in [0.25, 0.3) is 20.7 Å². The Bertz CT molecular complexity index is 1110. The largest absolute Gasteiger partial charge is 0.478 e. The Morgan fingerprint density at radius 2 is 1.88 bits per heavy atom. The van der Waals surface area contributed by atoms with Gasteiger partial charge in [-0.25, -0.2) is 14.8 Å². The molecule has 4 rings (SSSR count). The van der Waals surface area contributed by atoms with Gasteiger partial charge in [-0.05, 0) is 36.2 Å². The molecule has 0 aliphatic rings. The molecule has 2 aromatic carbocycles. The fraction of sp³-hybridized carbons (Fsp3) is 0.0500. The van der Waals surface area contributed by atoms with Gasteiger partial charge in [-0.2, -0.15) is 0 Å². The van der Waals surface area contributed by atoms with Gasteiger partial charge < -0.3 is 10.4 Å². The average molecular weight is 361 g/mol. The lowest BCUT2D eigenvalue weighted by atomic mass is 10.1. The van der Waals surface area contributed by atoms with Crippen molar-refractivity contribution in [3.05, 3.63) is 72.1 Å². The number of nitrogens with one attached hydrogen (secondary N) is 1. The first-order chi connectivity index (χ1) is 12.6. The summed E-state index contributed by atoms with van der Waals surface area (Å²) in [6, 6.07) is 17.2. The molecule has 0 spiro atoms. The molecule has 2 N–H and O–H groups in total. The lowest BCUT2D eigenvalue weighted by Gasteiger charge is -2.10. The van der Waals surface area contributed by atoms with E-state index in [0.717, 1.165) is 31.9 Å². The molecule has 0 amide bonds. The summed E-state index contributed by atoms with van der Waals surface area (Å²) in [5.41, 5.74) is 3.03. The quantitative estimate of drug-likeness (QED) is 0.528. The standard InChI is InChI=1S/C20H15N3O2S/c1-12-7-8-14(20(24)25)9-16(12)23-18-15-10-17(13-5-3-2-4-6-13)26-19(15)22-11-21-18/h2-11H,1H3,(H,24,25)(H,21,22,23). The van der Waals surface area contributed by atoms with E-state index in [1.807, 2.05) is 25.1 Å². The molecule has 0 aliphatic carbocycles. The highest BCUT2D eigenvalue weighted by molar-refractivity contribution is 7.21. The van der Waals surface area contributed by atoms with E-state index in [4.69, 9.17) is 0 Å². The molecule has 0 saturated carbocycles. The molecule has 128 valence electrons. The lowest BCUT2D eigenvalue weighted by molar-refractivity contribution is 0.0697. The molecule has 0 aliphatic heterocycles. The number of rotatable bonds is 4. The topological polar surface area (TPSA) is 75.1 Å². The molecule has 2 aromatic heterocycles. The second-order valence-corrected chi connectivity index (χ2v) is 6.91. The Balaban J connectivity index is 1.77. The first-order valence-corrected chi connectivity index (χ1v) is 8.84. The number of carboxylic acids is 1. The number of carboxylic acid groups (broad SMARTS) is 1. The maximum absolute atomic E-state index is 11.2. The summed E-state index contributed by atoms with van der Waals surface area (Å²) in [5, 5.41) is 13.4. The second kappa shape index (κ2) is 6.57. The molecule has 0 radical (unpaired) electrons. The van der Waals surface area contributed by atoms with Crippen molar-refractivity contribution in [3.63, 3.8) is 0 Å². The first kappa shape index (κ1) is 16.2. The van der Waals surface area contributed by atoms with Crippen LogP contribution in [-0.2, 0) is 0 Å². The van der Waals surface area contributed by atoms with Crippen LogP contribution in [0.5, 0.6) is 0 Å². The van der Waals surface area contributed by atoms with Gasteiger partial charge in [0, 0.05) is 10.6 Å². The number of aryl methyl sites for hydroxylation is 1. The van der Waals surface area contributed by atoms with Gasteiger partial charge in [0.05, 0.1) is 10.9 Å². The third-order valence-corrected chi connectivity index (χ3v) is 5.22. The van der Waals surface area contributed by atoms with Gasteiger partial charge >= 0.3 is 5.97 Å².